The van der Waals surface area contributed by atoms with Crippen LogP contribution in [0.3, 0.4) is 0 Å². The molecule has 1 amide bonds. The third-order valence-electron chi connectivity index (χ3n) is 3.45. The highest BCUT2D eigenvalue weighted by molar-refractivity contribution is 5.81. The third kappa shape index (κ3) is 3.92. The third-order valence-corrected chi connectivity index (χ3v) is 3.45. The summed E-state index contributed by atoms with van der Waals surface area (Å²) in [5, 5.41) is 3.04. The topological polar surface area (TPSA) is 55.1 Å². The quantitative estimate of drug-likeness (QED) is 0.906. The van der Waals surface area contributed by atoms with E-state index in [0.29, 0.717) is 0 Å². The lowest BCUT2D eigenvalue weighted by molar-refractivity contribution is -0.122. The van der Waals surface area contributed by atoms with Crippen LogP contribution in [0.2, 0.25) is 0 Å². The molecule has 2 aromatic carbocycles. The molecule has 1 atom stereocenters. The number of carbonyl (C=O) groups excluding carboxylic acids is 1. The van der Waals surface area contributed by atoms with E-state index in [9.17, 15) is 4.79 Å². The molecular weight excluding hydrogens is 260 g/mol. The zero-order valence-corrected chi connectivity index (χ0v) is 12.8. The fraction of sp³-hybridized carbons (Fsp3) is 0.278. The first kappa shape index (κ1) is 15.3. The summed E-state index contributed by atoms with van der Waals surface area (Å²) in [6.07, 6.45) is 0. The number of hydrogen-bond donors (Lipinski definition) is 2. The number of amides is 1. The average Bonchev–Trinajstić information content (AvgIpc) is 2.44. The average molecular weight is 282 g/mol. The van der Waals surface area contributed by atoms with Gasteiger partial charge in [0.15, 0.2) is 0 Å². The van der Waals surface area contributed by atoms with Crippen LogP contribution >= 0.6 is 0 Å². The molecule has 0 aromatic heterocycles. The molecule has 3 heteroatoms. The molecular formula is C18H22N2O. The summed E-state index contributed by atoms with van der Waals surface area (Å²) >= 11 is 0. The lowest BCUT2D eigenvalue weighted by atomic mass is 9.96. The monoisotopic (exact) mass is 282 g/mol. The molecule has 2 aromatic rings. The van der Waals surface area contributed by atoms with Gasteiger partial charge in [-0.3, -0.25) is 4.79 Å². The smallest absolute Gasteiger partial charge is 0.237 e. The van der Waals surface area contributed by atoms with E-state index in [1.165, 1.54) is 11.1 Å². The van der Waals surface area contributed by atoms with E-state index in [-0.39, 0.29) is 11.9 Å². The number of nitrogens with two attached hydrogens (primary N) is 1. The van der Waals surface area contributed by atoms with Crippen molar-refractivity contribution < 1.29 is 4.79 Å². The predicted molar refractivity (Wildman–Crippen MR) is 86.0 cm³/mol. The summed E-state index contributed by atoms with van der Waals surface area (Å²) in [6.45, 7) is 5.78. The number of carbonyl (C=O) groups is 1. The number of rotatable bonds is 4. The van der Waals surface area contributed by atoms with Gasteiger partial charge in [-0.15, -0.1) is 0 Å². The Hall–Kier alpha value is -2.13. The molecule has 0 radical (unpaired) electrons. The van der Waals surface area contributed by atoms with E-state index < -0.39 is 6.04 Å². The zero-order chi connectivity index (χ0) is 15.4. The summed E-state index contributed by atoms with van der Waals surface area (Å²) in [5.74, 6) is -0.150. The van der Waals surface area contributed by atoms with E-state index in [2.05, 4.69) is 17.4 Å². The van der Waals surface area contributed by atoms with Crippen LogP contribution in [-0.4, -0.2) is 11.9 Å². The maximum Gasteiger partial charge on any atom is 0.237 e. The second-order valence-corrected chi connectivity index (χ2v) is 5.56. The lowest BCUT2D eigenvalue weighted by Crippen LogP contribution is -2.40. The van der Waals surface area contributed by atoms with Crippen LogP contribution in [0.25, 0.3) is 0 Å². The number of benzene rings is 2. The Morgan fingerprint density at radius 1 is 1.00 bits per heavy atom. The largest absolute Gasteiger partial charge is 0.344 e. The molecule has 0 aliphatic rings. The van der Waals surface area contributed by atoms with Gasteiger partial charge in [0.1, 0.15) is 0 Å². The molecule has 0 aliphatic carbocycles. The van der Waals surface area contributed by atoms with Crippen molar-refractivity contribution in [2.45, 2.75) is 32.9 Å². The highest BCUT2D eigenvalue weighted by Gasteiger charge is 2.18. The summed E-state index contributed by atoms with van der Waals surface area (Å²) in [5.41, 5.74) is 10.2. The van der Waals surface area contributed by atoms with Gasteiger partial charge >= 0.3 is 0 Å². The van der Waals surface area contributed by atoms with Crippen LogP contribution in [0.1, 0.15) is 35.2 Å². The summed E-state index contributed by atoms with van der Waals surface area (Å²) in [6, 6.07) is 15.6. The molecule has 110 valence electrons. The van der Waals surface area contributed by atoms with Crippen molar-refractivity contribution in [2.24, 2.45) is 5.73 Å². The molecule has 3 nitrogen and oxygen atoms in total. The molecule has 0 spiro atoms. The zero-order valence-electron chi connectivity index (χ0n) is 12.8. The van der Waals surface area contributed by atoms with E-state index in [4.69, 9.17) is 5.73 Å². The highest BCUT2D eigenvalue weighted by Crippen LogP contribution is 2.23. The van der Waals surface area contributed by atoms with Crippen molar-refractivity contribution in [3.8, 4) is 0 Å². The van der Waals surface area contributed by atoms with Crippen molar-refractivity contribution in [1.29, 1.82) is 0 Å². The van der Waals surface area contributed by atoms with Gasteiger partial charge in [0.2, 0.25) is 5.91 Å². The first-order chi connectivity index (χ1) is 9.97. The summed E-state index contributed by atoms with van der Waals surface area (Å²) in [4.78, 5) is 12.0. The van der Waals surface area contributed by atoms with Crippen LogP contribution in [0.15, 0.2) is 48.5 Å². The highest BCUT2D eigenvalue weighted by atomic mass is 16.2. The Morgan fingerprint density at radius 3 is 1.86 bits per heavy atom. The van der Waals surface area contributed by atoms with Crippen LogP contribution in [-0.2, 0) is 4.79 Å². The van der Waals surface area contributed by atoms with E-state index in [1.54, 1.807) is 6.92 Å². The minimum Gasteiger partial charge on any atom is -0.344 e. The Labute approximate surface area is 126 Å². The van der Waals surface area contributed by atoms with Gasteiger partial charge in [0.05, 0.1) is 12.1 Å². The molecule has 0 heterocycles. The molecule has 21 heavy (non-hydrogen) atoms. The van der Waals surface area contributed by atoms with Gasteiger partial charge in [0.25, 0.3) is 0 Å². The Balaban J connectivity index is 2.41. The van der Waals surface area contributed by atoms with Gasteiger partial charge < -0.3 is 11.1 Å². The first-order valence-electron chi connectivity index (χ1n) is 7.16. The van der Waals surface area contributed by atoms with Crippen molar-refractivity contribution >= 4 is 5.91 Å². The summed E-state index contributed by atoms with van der Waals surface area (Å²) < 4.78 is 0. The van der Waals surface area contributed by atoms with Gasteiger partial charge in [-0.05, 0) is 31.9 Å². The second kappa shape index (κ2) is 6.55. The van der Waals surface area contributed by atoms with Crippen molar-refractivity contribution in [1.82, 2.24) is 5.32 Å². The fourth-order valence-corrected chi connectivity index (χ4v) is 2.33. The van der Waals surface area contributed by atoms with E-state index in [0.717, 1.165) is 11.1 Å². The first-order valence-corrected chi connectivity index (χ1v) is 7.16. The Bertz CT molecular complexity index is 589. The van der Waals surface area contributed by atoms with Gasteiger partial charge in [0, 0.05) is 0 Å². The van der Waals surface area contributed by atoms with Crippen LogP contribution in [0.5, 0.6) is 0 Å². The van der Waals surface area contributed by atoms with Crippen LogP contribution < -0.4 is 11.1 Å². The van der Waals surface area contributed by atoms with Crippen molar-refractivity contribution in [2.75, 3.05) is 0 Å². The minimum absolute atomic E-state index is 0.150. The van der Waals surface area contributed by atoms with Crippen LogP contribution in [0.4, 0.5) is 0 Å². The second-order valence-electron chi connectivity index (χ2n) is 5.56. The Morgan fingerprint density at radius 2 is 1.48 bits per heavy atom. The molecule has 0 saturated carbocycles. The van der Waals surface area contributed by atoms with Crippen LogP contribution in [0, 0.1) is 13.8 Å². The fourth-order valence-electron chi connectivity index (χ4n) is 2.33. The van der Waals surface area contributed by atoms with Gasteiger partial charge in [-0.2, -0.15) is 0 Å². The van der Waals surface area contributed by atoms with Gasteiger partial charge in [-0.25, -0.2) is 0 Å². The lowest BCUT2D eigenvalue weighted by Gasteiger charge is -2.22. The van der Waals surface area contributed by atoms with Gasteiger partial charge in [-0.1, -0.05) is 59.7 Å². The molecule has 0 fully saturated rings. The Kier molecular flexibility index (Phi) is 4.76. The SMILES string of the molecule is Cc1cccc(C(NC(=O)[C@@H](C)N)c2cccc(C)c2)c1. The normalized spacial score (nSPS) is 12.2. The summed E-state index contributed by atoms with van der Waals surface area (Å²) in [7, 11) is 0. The maximum atomic E-state index is 12.0. The molecule has 2 rings (SSSR count). The maximum absolute atomic E-state index is 12.0. The molecule has 0 aliphatic heterocycles. The van der Waals surface area contributed by atoms with E-state index >= 15 is 0 Å². The van der Waals surface area contributed by atoms with Crippen molar-refractivity contribution in [3.05, 3.63) is 70.8 Å². The molecule has 0 saturated heterocycles. The standard InChI is InChI=1S/C18H22N2O/c1-12-6-4-8-15(10-12)17(20-18(21)14(3)19)16-9-5-7-13(2)11-16/h4-11,14,17H,19H2,1-3H3,(H,20,21)/t14-/m1/s1. The predicted octanol–water partition coefficient (Wildman–Crippen LogP) is 2.86. The molecule has 0 bridgehead atoms. The minimum atomic E-state index is -0.526. The number of hydrogen-bond acceptors (Lipinski definition) is 2. The van der Waals surface area contributed by atoms with Crippen molar-refractivity contribution in [3.63, 3.8) is 0 Å². The number of nitrogens with one attached hydrogen (secondary N) is 1. The van der Waals surface area contributed by atoms with E-state index in [1.807, 2.05) is 50.2 Å². The number of aryl methyl sites for hydroxylation is 2. The molecule has 3 N–H and O–H groups in total. The molecule has 0 unspecified atom stereocenters.